The molecule has 0 amide bonds. The molecule has 2 rings (SSSR count). The van der Waals surface area contributed by atoms with Crippen molar-refractivity contribution >= 4 is 0 Å². The summed E-state index contributed by atoms with van der Waals surface area (Å²) in [5, 5.41) is 21.0. The highest BCUT2D eigenvalue weighted by Gasteiger charge is 2.51. The Morgan fingerprint density at radius 3 is 2.35 bits per heavy atom. The van der Waals surface area contributed by atoms with E-state index in [2.05, 4.69) is 26.8 Å². The maximum absolute atomic E-state index is 10.5. The van der Waals surface area contributed by atoms with Crippen LogP contribution in [0.2, 0.25) is 0 Å². The molecular formula is C20H34O3. The molecule has 5 atom stereocenters. The molecule has 3 heteroatoms. The monoisotopic (exact) mass is 322 g/mol. The minimum Gasteiger partial charge on any atom is -0.386 e. The lowest BCUT2D eigenvalue weighted by atomic mass is 9.84. The van der Waals surface area contributed by atoms with Gasteiger partial charge in [0.25, 0.3) is 0 Å². The first-order chi connectivity index (χ1) is 10.5. The number of fused-ring (bicyclic) bond motifs is 1. The Hall–Kier alpha value is -0.640. The topological polar surface area (TPSA) is 53.0 Å². The van der Waals surface area contributed by atoms with Crippen LogP contribution in [0.3, 0.4) is 0 Å². The summed E-state index contributed by atoms with van der Waals surface area (Å²) >= 11 is 0. The average Bonchev–Trinajstić information content (AvgIpc) is 3.06. The van der Waals surface area contributed by atoms with Gasteiger partial charge < -0.3 is 14.9 Å². The van der Waals surface area contributed by atoms with Gasteiger partial charge in [0.05, 0.1) is 22.9 Å². The van der Waals surface area contributed by atoms with Crippen LogP contribution in [0.25, 0.3) is 0 Å². The van der Waals surface area contributed by atoms with Gasteiger partial charge in [0.2, 0.25) is 0 Å². The standard InChI is InChI=1S/C20H34O3/c1-15(2)16-7-12-18(3,21)10-6-11-19(4,22)13-9-17-20(5,23-17)14-8-16/h6-7,11-12,15-17,21-22H,8-10,13-14H2,1-5H3/b11-6+,12-7+/t16-,17-,18+,19-,20-/m0/s1. The molecule has 0 saturated carbocycles. The maximum atomic E-state index is 10.5. The smallest absolute Gasteiger partial charge is 0.0920 e. The Balaban J connectivity index is 2.16. The summed E-state index contributed by atoms with van der Waals surface area (Å²) in [6.45, 7) is 10.3. The fraction of sp³-hybridized carbons (Fsp3) is 0.800. The van der Waals surface area contributed by atoms with Gasteiger partial charge in [-0.1, -0.05) is 38.2 Å². The predicted octanol–water partition coefficient (Wildman–Crippen LogP) is 3.99. The Labute approximate surface area is 141 Å². The van der Waals surface area contributed by atoms with E-state index in [9.17, 15) is 10.2 Å². The van der Waals surface area contributed by atoms with Crippen LogP contribution in [-0.2, 0) is 4.74 Å². The highest BCUT2D eigenvalue weighted by Crippen LogP contribution is 2.45. The lowest BCUT2D eigenvalue weighted by Gasteiger charge is -2.24. The van der Waals surface area contributed by atoms with Crippen molar-refractivity contribution < 1.29 is 14.9 Å². The van der Waals surface area contributed by atoms with Crippen molar-refractivity contribution in [3.05, 3.63) is 24.3 Å². The Morgan fingerprint density at radius 2 is 1.70 bits per heavy atom. The van der Waals surface area contributed by atoms with E-state index in [4.69, 9.17) is 4.74 Å². The van der Waals surface area contributed by atoms with Crippen LogP contribution < -0.4 is 0 Å². The van der Waals surface area contributed by atoms with Crippen molar-refractivity contribution in [1.82, 2.24) is 0 Å². The van der Waals surface area contributed by atoms with Crippen molar-refractivity contribution in [1.29, 1.82) is 0 Å². The minimum atomic E-state index is -0.869. The molecule has 1 aliphatic heterocycles. The highest BCUT2D eigenvalue weighted by molar-refractivity contribution is 5.10. The van der Waals surface area contributed by atoms with Crippen LogP contribution in [0.5, 0.6) is 0 Å². The van der Waals surface area contributed by atoms with Gasteiger partial charge in [-0.05, 0) is 64.7 Å². The third kappa shape index (κ3) is 5.44. The SMILES string of the molecule is CC(C)[C@H]1/C=C/[C@](C)(O)C/C=C/[C@](C)(O)CC[C@@H]2O[C@@]2(C)CC1. The fourth-order valence-corrected chi connectivity index (χ4v) is 3.44. The molecule has 2 aliphatic rings. The number of hydrogen-bond acceptors (Lipinski definition) is 3. The lowest BCUT2D eigenvalue weighted by Crippen LogP contribution is -2.25. The van der Waals surface area contributed by atoms with E-state index < -0.39 is 11.2 Å². The molecule has 1 saturated heterocycles. The van der Waals surface area contributed by atoms with Crippen LogP contribution in [0.1, 0.15) is 66.7 Å². The summed E-state index contributed by atoms with van der Waals surface area (Å²) in [6, 6.07) is 0. The molecule has 3 nitrogen and oxygen atoms in total. The summed E-state index contributed by atoms with van der Waals surface area (Å²) in [7, 11) is 0. The van der Waals surface area contributed by atoms with Gasteiger partial charge in [-0.15, -0.1) is 0 Å². The Bertz CT molecular complexity index is 462. The van der Waals surface area contributed by atoms with Crippen molar-refractivity contribution in [3.63, 3.8) is 0 Å². The van der Waals surface area contributed by atoms with Gasteiger partial charge in [0.1, 0.15) is 0 Å². The first-order valence-corrected chi connectivity index (χ1v) is 9.03. The average molecular weight is 322 g/mol. The van der Waals surface area contributed by atoms with Crippen LogP contribution in [0.15, 0.2) is 24.3 Å². The Morgan fingerprint density at radius 1 is 1.00 bits per heavy atom. The zero-order valence-electron chi connectivity index (χ0n) is 15.4. The normalized spacial score (nSPS) is 48.3. The molecule has 0 spiro atoms. The quantitative estimate of drug-likeness (QED) is 0.567. The number of rotatable bonds is 1. The maximum Gasteiger partial charge on any atom is 0.0920 e. The molecule has 0 aromatic rings. The number of epoxide rings is 1. The third-order valence-electron chi connectivity index (χ3n) is 5.49. The predicted molar refractivity (Wildman–Crippen MR) is 94.2 cm³/mol. The first-order valence-electron chi connectivity index (χ1n) is 9.03. The molecule has 1 aliphatic carbocycles. The molecule has 1 fully saturated rings. The molecule has 0 radical (unpaired) electrons. The fourth-order valence-electron chi connectivity index (χ4n) is 3.44. The van der Waals surface area contributed by atoms with Gasteiger partial charge in [0.15, 0.2) is 0 Å². The van der Waals surface area contributed by atoms with E-state index in [1.807, 2.05) is 32.1 Å². The molecular weight excluding hydrogens is 288 g/mol. The summed E-state index contributed by atoms with van der Waals surface area (Å²) in [5.41, 5.74) is -1.74. The van der Waals surface area contributed by atoms with E-state index >= 15 is 0 Å². The molecule has 132 valence electrons. The molecule has 0 bridgehead atoms. The molecule has 1 heterocycles. The summed E-state index contributed by atoms with van der Waals surface area (Å²) in [4.78, 5) is 0. The van der Waals surface area contributed by atoms with E-state index in [1.165, 1.54) is 0 Å². The van der Waals surface area contributed by atoms with E-state index in [-0.39, 0.29) is 11.7 Å². The molecule has 0 aromatic carbocycles. The number of aliphatic hydroxyl groups is 2. The largest absolute Gasteiger partial charge is 0.386 e. The summed E-state index contributed by atoms with van der Waals surface area (Å²) < 4.78 is 5.93. The number of allylic oxidation sites excluding steroid dienone is 1. The summed E-state index contributed by atoms with van der Waals surface area (Å²) in [6.07, 6.45) is 12.3. The van der Waals surface area contributed by atoms with Crippen LogP contribution >= 0.6 is 0 Å². The van der Waals surface area contributed by atoms with Crippen LogP contribution in [-0.4, -0.2) is 33.1 Å². The van der Waals surface area contributed by atoms with Crippen molar-refractivity contribution in [3.8, 4) is 0 Å². The van der Waals surface area contributed by atoms with E-state index in [0.29, 0.717) is 24.7 Å². The van der Waals surface area contributed by atoms with E-state index in [0.717, 1.165) is 19.3 Å². The van der Waals surface area contributed by atoms with Gasteiger partial charge in [0, 0.05) is 0 Å². The second-order valence-corrected chi connectivity index (χ2v) is 8.58. The number of ether oxygens (including phenoxy) is 1. The molecule has 0 aromatic heterocycles. The van der Waals surface area contributed by atoms with Gasteiger partial charge >= 0.3 is 0 Å². The zero-order valence-corrected chi connectivity index (χ0v) is 15.4. The zero-order chi connectivity index (χ0) is 17.3. The summed E-state index contributed by atoms with van der Waals surface area (Å²) in [5.74, 6) is 1.00. The second kappa shape index (κ2) is 6.70. The minimum absolute atomic E-state index is 0.0343. The number of hydrogen-bond donors (Lipinski definition) is 2. The van der Waals surface area contributed by atoms with Crippen LogP contribution in [0.4, 0.5) is 0 Å². The Kier molecular flexibility index (Phi) is 5.44. The molecule has 23 heavy (non-hydrogen) atoms. The van der Waals surface area contributed by atoms with E-state index in [1.54, 1.807) is 0 Å². The third-order valence-corrected chi connectivity index (χ3v) is 5.49. The van der Waals surface area contributed by atoms with Crippen molar-refractivity contribution in [2.45, 2.75) is 89.6 Å². The van der Waals surface area contributed by atoms with Gasteiger partial charge in [-0.25, -0.2) is 0 Å². The molecule has 2 N–H and O–H groups in total. The van der Waals surface area contributed by atoms with Gasteiger partial charge in [-0.3, -0.25) is 0 Å². The van der Waals surface area contributed by atoms with Gasteiger partial charge in [-0.2, -0.15) is 0 Å². The molecule has 0 unspecified atom stereocenters. The first kappa shape index (κ1) is 18.7. The van der Waals surface area contributed by atoms with Crippen molar-refractivity contribution in [2.75, 3.05) is 0 Å². The van der Waals surface area contributed by atoms with Crippen LogP contribution in [0, 0.1) is 11.8 Å². The lowest BCUT2D eigenvalue weighted by molar-refractivity contribution is 0.0932. The van der Waals surface area contributed by atoms with Crippen molar-refractivity contribution in [2.24, 2.45) is 11.8 Å². The highest BCUT2D eigenvalue weighted by atomic mass is 16.6. The second-order valence-electron chi connectivity index (χ2n) is 8.58.